The molecule has 1 fully saturated rings. The normalized spacial score (nSPS) is 22.6. The third-order valence-electron chi connectivity index (χ3n) is 3.88. The largest absolute Gasteiger partial charge is 0.497 e. The van der Waals surface area contributed by atoms with Gasteiger partial charge in [-0.3, -0.25) is 9.59 Å². The molecule has 1 aliphatic rings. The van der Waals surface area contributed by atoms with E-state index in [1.807, 2.05) is 0 Å². The Morgan fingerprint density at radius 2 is 1.62 bits per heavy atom. The van der Waals surface area contributed by atoms with Crippen LogP contribution in [0.15, 0.2) is 24.3 Å². The molecule has 1 heterocycles. The number of rotatable bonds is 6. The lowest BCUT2D eigenvalue weighted by Gasteiger charge is -2.21. The Hall–Kier alpha value is -2.57. The Labute approximate surface area is 140 Å². The zero-order valence-electron chi connectivity index (χ0n) is 13.9. The van der Waals surface area contributed by atoms with Crippen LogP contribution in [0.2, 0.25) is 0 Å². The van der Waals surface area contributed by atoms with Crippen LogP contribution >= 0.6 is 0 Å². The molecule has 24 heavy (non-hydrogen) atoms. The monoisotopic (exact) mass is 335 g/mol. The van der Waals surface area contributed by atoms with Crippen LogP contribution in [0.3, 0.4) is 0 Å². The summed E-state index contributed by atoms with van der Waals surface area (Å²) < 4.78 is 15.1. The highest BCUT2D eigenvalue weighted by Crippen LogP contribution is 2.36. The lowest BCUT2D eigenvalue weighted by molar-refractivity contribution is -0.151. The summed E-state index contributed by atoms with van der Waals surface area (Å²) in [5, 5.41) is 2.56. The summed E-state index contributed by atoms with van der Waals surface area (Å²) >= 11 is 0. The van der Waals surface area contributed by atoms with Crippen molar-refractivity contribution in [1.29, 1.82) is 0 Å². The highest BCUT2D eigenvalue weighted by atomic mass is 16.5. The first kappa shape index (κ1) is 17.8. The minimum Gasteiger partial charge on any atom is -0.497 e. The molecule has 0 aliphatic carbocycles. The first-order valence-corrected chi connectivity index (χ1v) is 7.81. The molecule has 0 saturated carbocycles. The zero-order valence-corrected chi connectivity index (χ0v) is 13.9. The van der Waals surface area contributed by atoms with Gasteiger partial charge in [0, 0.05) is 5.92 Å². The number of carbonyl (C=O) groups excluding carboxylic acids is 3. The van der Waals surface area contributed by atoms with E-state index in [0.717, 1.165) is 0 Å². The molecule has 1 aromatic rings. The molecule has 1 N–H and O–H groups in total. The highest BCUT2D eigenvalue weighted by Gasteiger charge is 2.51. The number of esters is 2. The number of benzene rings is 1. The van der Waals surface area contributed by atoms with E-state index in [1.54, 1.807) is 45.2 Å². The van der Waals surface area contributed by atoms with Crippen molar-refractivity contribution in [2.45, 2.75) is 25.8 Å². The van der Waals surface area contributed by atoms with Gasteiger partial charge in [0.15, 0.2) is 0 Å². The lowest BCUT2D eigenvalue weighted by atomic mass is 9.84. The van der Waals surface area contributed by atoms with Gasteiger partial charge in [0.05, 0.1) is 20.3 Å². The van der Waals surface area contributed by atoms with E-state index in [2.05, 4.69) is 5.32 Å². The summed E-state index contributed by atoms with van der Waals surface area (Å²) in [6.45, 7) is 3.68. The summed E-state index contributed by atoms with van der Waals surface area (Å²) in [4.78, 5) is 36.7. The lowest BCUT2D eigenvalue weighted by Crippen LogP contribution is -2.37. The van der Waals surface area contributed by atoms with Crippen LogP contribution in [0.4, 0.5) is 0 Å². The van der Waals surface area contributed by atoms with Crippen LogP contribution in [0, 0.1) is 5.92 Å². The Balaban J connectivity index is 2.39. The van der Waals surface area contributed by atoms with Crippen LogP contribution in [-0.2, 0) is 23.9 Å². The summed E-state index contributed by atoms with van der Waals surface area (Å²) in [6, 6.07) is 5.94. The Morgan fingerprint density at radius 3 is 2.17 bits per heavy atom. The number of ether oxygens (including phenoxy) is 3. The van der Waals surface area contributed by atoms with Gasteiger partial charge in [-0.15, -0.1) is 0 Å². The Morgan fingerprint density at radius 1 is 1.04 bits per heavy atom. The maximum Gasteiger partial charge on any atom is 0.329 e. The summed E-state index contributed by atoms with van der Waals surface area (Å²) in [5.74, 6) is -2.90. The first-order chi connectivity index (χ1) is 11.5. The van der Waals surface area contributed by atoms with Crippen LogP contribution in [0.25, 0.3) is 0 Å². The fourth-order valence-corrected chi connectivity index (χ4v) is 2.82. The predicted molar refractivity (Wildman–Crippen MR) is 84.4 cm³/mol. The Kier molecular flexibility index (Phi) is 5.78. The third kappa shape index (κ3) is 3.50. The summed E-state index contributed by atoms with van der Waals surface area (Å²) in [5.41, 5.74) is 0.658. The number of hydrogen-bond acceptors (Lipinski definition) is 6. The molecule has 7 nitrogen and oxygen atoms in total. The van der Waals surface area contributed by atoms with Crippen LogP contribution in [0.5, 0.6) is 5.75 Å². The third-order valence-corrected chi connectivity index (χ3v) is 3.88. The van der Waals surface area contributed by atoms with Gasteiger partial charge >= 0.3 is 11.9 Å². The minimum atomic E-state index is -1.09. The molecule has 1 aromatic carbocycles. The number of amides is 1. The average Bonchev–Trinajstić information content (AvgIpc) is 2.93. The van der Waals surface area contributed by atoms with Gasteiger partial charge in [0.25, 0.3) is 0 Å². The van der Waals surface area contributed by atoms with Gasteiger partial charge in [-0.05, 0) is 31.5 Å². The fourth-order valence-electron chi connectivity index (χ4n) is 2.82. The second kappa shape index (κ2) is 7.81. The number of hydrogen-bond donors (Lipinski definition) is 1. The maximum atomic E-state index is 12.3. The van der Waals surface area contributed by atoms with Crippen molar-refractivity contribution >= 4 is 17.8 Å². The van der Waals surface area contributed by atoms with Gasteiger partial charge in [-0.25, -0.2) is 4.79 Å². The van der Waals surface area contributed by atoms with Gasteiger partial charge in [-0.2, -0.15) is 0 Å². The molecule has 1 amide bonds. The zero-order chi connectivity index (χ0) is 17.7. The molecule has 0 bridgehead atoms. The smallest absolute Gasteiger partial charge is 0.329 e. The topological polar surface area (TPSA) is 90.9 Å². The van der Waals surface area contributed by atoms with Crippen molar-refractivity contribution in [3.63, 3.8) is 0 Å². The van der Waals surface area contributed by atoms with Crippen molar-refractivity contribution in [3.8, 4) is 5.75 Å². The van der Waals surface area contributed by atoms with Gasteiger partial charge in [-0.1, -0.05) is 12.1 Å². The molecule has 7 heteroatoms. The molecular weight excluding hydrogens is 314 g/mol. The van der Waals surface area contributed by atoms with Gasteiger partial charge < -0.3 is 19.5 Å². The predicted octanol–water partition coefficient (Wildman–Crippen LogP) is 1.02. The summed E-state index contributed by atoms with van der Waals surface area (Å²) in [7, 11) is 1.54. The van der Waals surface area contributed by atoms with E-state index in [4.69, 9.17) is 14.2 Å². The number of methoxy groups -OCH3 is 1. The number of carbonyl (C=O) groups is 3. The molecule has 1 saturated heterocycles. The van der Waals surface area contributed by atoms with Crippen LogP contribution in [-0.4, -0.2) is 44.2 Å². The van der Waals surface area contributed by atoms with E-state index >= 15 is 0 Å². The quantitative estimate of drug-likeness (QED) is 0.616. The van der Waals surface area contributed by atoms with Crippen LogP contribution in [0.1, 0.15) is 25.3 Å². The summed E-state index contributed by atoms with van der Waals surface area (Å²) in [6.07, 6.45) is 0. The minimum absolute atomic E-state index is 0.155. The van der Waals surface area contributed by atoms with Crippen molar-refractivity contribution in [1.82, 2.24) is 5.32 Å². The Bertz CT molecular complexity index is 612. The second-order valence-corrected chi connectivity index (χ2v) is 5.27. The van der Waals surface area contributed by atoms with E-state index in [0.29, 0.717) is 11.3 Å². The molecule has 0 radical (unpaired) electrons. The van der Waals surface area contributed by atoms with E-state index in [9.17, 15) is 14.4 Å². The highest BCUT2D eigenvalue weighted by molar-refractivity contribution is 6.04. The molecular formula is C17H21NO6. The van der Waals surface area contributed by atoms with Gasteiger partial charge in [0.1, 0.15) is 17.7 Å². The van der Waals surface area contributed by atoms with Crippen molar-refractivity contribution in [3.05, 3.63) is 29.8 Å². The fraction of sp³-hybridized carbons (Fsp3) is 0.471. The average molecular weight is 335 g/mol. The van der Waals surface area contributed by atoms with E-state index in [1.165, 1.54) is 0 Å². The van der Waals surface area contributed by atoms with Crippen molar-refractivity contribution < 1.29 is 28.6 Å². The number of nitrogens with one attached hydrogen (secondary N) is 1. The van der Waals surface area contributed by atoms with Crippen molar-refractivity contribution in [2.24, 2.45) is 5.92 Å². The van der Waals surface area contributed by atoms with Gasteiger partial charge in [0.2, 0.25) is 5.91 Å². The molecule has 0 aromatic heterocycles. The van der Waals surface area contributed by atoms with Crippen LogP contribution < -0.4 is 10.1 Å². The molecule has 0 spiro atoms. The maximum absolute atomic E-state index is 12.3. The van der Waals surface area contributed by atoms with E-state index in [-0.39, 0.29) is 13.2 Å². The molecule has 0 unspecified atom stereocenters. The molecule has 1 aliphatic heterocycles. The second-order valence-electron chi connectivity index (χ2n) is 5.27. The molecule has 2 rings (SSSR count). The van der Waals surface area contributed by atoms with E-state index < -0.39 is 35.7 Å². The molecule has 130 valence electrons. The van der Waals surface area contributed by atoms with Crippen molar-refractivity contribution in [2.75, 3.05) is 20.3 Å². The SMILES string of the molecule is CCOC(=O)[C@@H]1C(=O)N[C@H](C(=O)OCC)[C@@H]1c1ccc(OC)cc1. The molecule has 3 atom stereocenters. The standard InChI is InChI=1S/C17H21NO6/c1-4-23-16(20)13-12(10-6-8-11(22-3)9-7-10)14(18-15(13)19)17(21)24-5-2/h6-9,12-14H,4-5H2,1-3H3,(H,18,19)/t12-,13+,14+/m1/s1. The first-order valence-electron chi connectivity index (χ1n) is 7.81.